The van der Waals surface area contributed by atoms with Gasteiger partial charge >= 0.3 is 5.69 Å². The maximum absolute atomic E-state index is 11.6. The Balaban J connectivity index is 2.41. The molecule has 1 aromatic rings. The van der Waals surface area contributed by atoms with E-state index in [1.807, 2.05) is 0 Å². The van der Waals surface area contributed by atoms with Crippen molar-refractivity contribution in [1.29, 1.82) is 0 Å². The fraction of sp³-hybridized carbons (Fsp3) is 0.400. The minimum atomic E-state index is -0.581. The van der Waals surface area contributed by atoms with Crippen LogP contribution in [0.2, 0.25) is 0 Å². The van der Waals surface area contributed by atoms with E-state index in [9.17, 15) is 9.59 Å². The number of aromatic amines is 1. The van der Waals surface area contributed by atoms with Crippen molar-refractivity contribution in [3.05, 3.63) is 42.3 Å². The Morgan fingerprint density at radius 3 is 2.88 bits per heavy atom. The first kappa shape index (κ1) is 12.5. The van der Waals surface area contributed by atoms with Crippen LogP contribution in [0.1, 0.15) is 11.8 Å². The quantitative estimate of drug-likeness (QED) is 0.739. The molecule has 0 saturated carbocycles. The van der Waals surface area contributed by atoms with Gasteiger partial charge in [-0.3, -0.25) is 14.3 Å². The van der Waals surface area contributed by atoms with Crippen molar-refractivity contribution < 1.29 is 9.84 Å². The highest BCUT2D eigenvalue weighted by molar-refractivity contribution is 14.1. The zero-order valence-electron chi connectivity index (χ0n) is 9.01. The normalized spacial score (nSPS) is 23.8. The second-order valence-electron chi connectivity index (χ2n) is 3.73. The van der Waals surface area contributed by atoms with Crippen LogP contribution in [0.25, 0.3) is 0 Å². The zero-order valence-corrected chi connectivity index (χ0v) is 11.2. The van der Waals surface area contributed by atoms with E-state index in [1.165, 1.54) is 10.8 Å². The van der Waals surface area contributed by atoms with Crippen LogP contribution in [0.5, 0.6) is 0 Å². The van der Waals surface area contributed by atoms with E-state index < -0.39 is 23.6 Å². The smallest absolute Gasteiger partial charge is 0.330 e. The van der Waals surface area contributed by atoms with Crippen molar-refractivity contribution in [2.75, 3.05) is 6.61 Å². The minimum absolute atomic E-state index is 0.137. The molecule has 0 amide bonds. The first-order chi connectivity index (χ1) is 8.02. The Morgan fingerprint density at radius 2 is 2.29 bits per heavy atom. The van der Waals surface area contributed by atoms with Gasteiger partial charge in [0.25, 0.3) is 5.56 Å². The Bertz CT molecular complexity index is 574. The van der Waals surface area contributed by atoms with Crippen LogP contribution in [0.4, 0.5) is 0 Å². The molecule has 0 unspecified atom stereocenters. The monoisotopic (exact) mass is 350 g/mol. The average molecular weight is 350 g/mol. The van der Waals surface area contributed by atoms with Crippen LogP contribution in [-0.2, 0) is 4.74 Å². The molecule has 2 atom stereocenters. The summed E-state index contributed by atoms with van der Waals surface area (Å²) >= 11 is 2.05. The number of aryl methyl sites for hydroxylation is 1. The molecule has 7 heteroatoms. The van der Waals surface area contributed by atoms with Gasteiger partial charge in [-0.05, 0) is 35.6 Å². The summed E-state index contributed by atoms with van der Waals surface area (Å²) in [6, 6.07) is 0. The van der Waals surface area contributed by atoms with Crippen LogP contribution in [0.3, 0.4) is 0 Å². The van der Waals surface area contributed by atoms with Crippen LogP contribution in [0, 0.1) is 6.92 Å². The van der Waals surface area contributed by atoms with E-state index in [0.29, 0.717) is 5.56 Å². The van der Waals surface area contributed by atoms with Gasteiger partial charge in [-0.25, -0.2) is 4.79 Å². The standard InChI is InChI=1S/C10H11IN2O4/c1-5-3-13(10(16)12-9(5)15)8-2-6(11)7(4-14)17-8/h2-3,7-8,14H,4H2,1H3,(H,12,15,16)/t7-,8-/m1/s1. The summed E-state index contributed by atoms with van der Waals surface area (Å²) in [5.74, 6) is 0. The fourth-order valence-electron chi connectivity index (χ4n) is 1.57. The predicted molar refractivity (Wildman–Crippen MR) is 69.2 cm³/mol. The van der Waals surface area contributed by atoms with Crippen LogP contribution in [0.15, 0.2) is 25.4 Å². The summed E-state index contributed by atoms with van der Waals surface area (Å²) in [6.07, 6.45) is 2.20. The number of aromatic nitrogens is 2. The summed E-state index contributed by atoms with van der Waals surface area (Å²) < 4.78 is 7.61. The Morgan fingerprint density at radius 1 is 1.59 bits per heavy atom. The number of halogens is 1. The molecule has 6 nitrogen and oxygen atoms in total. The van der Waals surface area contributed by atoms with Crippen molar-refractivity contribution in [1.82, 2.24) is 9.55 Å². The number of nitrogens with one attached hydrogen (secondary N) is 1. The molecular weight excluding hydrogens is 339 g/mol. The van der Waals surface area contributed by atoms with E-state index >= 15 is 0 Å². The molecule has 2 N–H and O–H groups in total. The molecule has 1 aliphatic rings. The van der Waals surface area contributed by atoms with Crippen molar-refractivity contribution >= 4 is 22.6 Å². The molecular formula is C10H11IN2O4. The summed E-state index contributed by atoms with van der Waals surface area (Å²) in [5, 5.41) is 9.05. The van der Waals surface area contributed by atoms with Gasteiger partial charge in [-0.2, -0.15) is 0 Å². The van der Waals surface area contributed by atoms with E-state index in [0.717, 1.165) is 3.58 Å². The Kier molecular flexibility index (Phi) is 3.50. The third-order valence-corrected chi connectivity index (χ3v) is 3.55. The zero-order chi connectivity index (χ0) is 12.6. The molecule has 0 saturated heterocycles. The van der Waals surface area contributed by atoms with E-state index in [4.69, 9.17) is 9.84 Å². The van der Waals surface area contributed by atoms with Gasteiger partial charge in [0.1, 0.15) is 6.10 Å². The minimum Gasteiger partial charge on any atom is -0.393 e. The maximum Gasteiger partial charge on any atom is 0.330 e. The number of rotatable bonds is 2. The first-order valence-corrected chi connectivity index (χ1v) is 6.06. The molecule has 0 aromatic carbocycles. The highest BCUT2D eigenvalue weighted by atomic mass is 127. The highest BCUT2D eigenvalue weighted by Gasteiger charge is 2.26. The highest BCUT2D eigenvalue weighted by Crippen LogP contribution is 2.29. The van der Waals surface area contributed by atoms with E-state index in [2.05, 4.69) is 27.6 Å². The molecule has 0 bridgehead atoms. The Labute approximate surface area is 110 Å². The predicted octanol–water partition coefficient (Wildman–Crippen LogP) is 0.0536. The number of aliphatic hydroxyl groups excluding tert-OH is 1. The molecule has 92 valence electrons. The van der Waals surface area contributed by atoms with Gasteiger partial charge in [0, 0.05) is 15.3 Å². The molecule has 0 aliphatic carbocycles. The lowest BCUT2D eigenvalue weighted by molar-refractivity contribution is -0.0109. The van der Waals surface area contributed by atoms with Crippen LogP contribution < -0.4 is 11.2 Å². The van der Waals surface area contributed by atoms with Gasteiger partial charge in [-0.15, -0.1) is 0 Å². The first-order valence-electron chi connectivity index (χ1n) is 4.98. The van der Waals surface area contributed by atoms with Gasteiger partial charge in [0.2, 0.25) is 0 Å². The van der Waals surface area contributed by atoms with Crippen molar-refractivity contribution in [2.24, 2.45) is 0 Å². The van der Waals surface area contributed by atoms with Crippen LogP contribution >= 0.6 is 22.6 Å². The fourth-order valence-corrected chi connectivity index (χ4v) is 2.22. The SMILES string of the molecule is Cc1cn([C@H]2C=C(I)[C@@H](CO)O2)c(=O)[nH]c1=O. The largest absolute Gasteiger partial charge is 0.393 e. The Hall–Kier alpha value is -0.930. The molecule has 2 heterocycles. The lowest BCUT2D eigenvalue weighted by Crippen LogP contribution is -2.33. The number of nitrogens with zero attached hydrogens (tertiary/aromatic N) is 1. The number of hydrogen-bond acceptors (Lipinski definition) is 4. The van der Waals surface area contributed by atoms with Crippen molar-refractivity contribution in [2.45, 2.75) is 19.3 Å². The van der Waals surface area contributed by atoms with Gasteiger partial charge in [-0.1, -0.05) is 0 Å². The average Bonchev–Trinajstić information content (AvgIpc) is 2.65. The lowest BCUT2D eigenvalue weighted by Gasteiger charge is -2.15. The molecule has 1 aliphatic heterocycles. The number of H-pyrrole nitrogens is 1. The second kappa shape index (κ2) is 4.75. The third-order valence-electron chi connectivity index (χ3n) is 2.50. The van der Waals surface area contributed by atoms with Crippen molar-refractivity contribution in [3.63, 3.8) is 0 Å². The maximum atomic E-state index is 11.6. The molecule has 0 fully saturated rings. The molecule has 0 spiro atoms. The van der Waals surface area contributed by atoms with Crippen LogP contribution in [-0.4, -0.2) is 27.4 Å². The number of hydrogen-bond donors (Lipinski definition) is 2. The summed E-state index contributed by atoms with van der Waals surface area (Å²) in [4.78, 5) is 25.0. The molecule has 1 aromatic heterocycles. The topological polar surface area (TPSA) is 84.3 Å². The number of aliphatic hydroxyl groups is 1. The lowest BCUT2D eigenvalue weighted by atomic mass is 10.3. The summed E-state index contributed by atoms with van der Waals surface area (Å²) in [7, 11) is 0. The van der Waals surface area contributed by atoms with E-state index in [1.54, 1.807) is 13.0 Å². The third kappa shape index (κ3) is 2.35. The van der Waals surface area contributed by atoms with Gasteiger partial charge in [0.05, 0.1) is 6.61 Å². The van der Waals surface area contributed by atoms with E-state index in [-0.39, 0.29) is 6.61 Å². The van der Waals surface area contributed by atoms with Gasteiger partial charge < -0.3 is 9.84 Å². The second-order valence-corrected chi connectivity index (χ2v) is 4.97. The summed E-state index contributed by atoms with van der Waals surface area (Å²) in [6.45, 7) is 1.48. The molecule has 17 heavy (non-hydrogen) atoms. The summed E-state index contributed by atoms with van der Waals surface area (Å²) in [5.41, 5.74) is -0.490. The molecule has 2 rings (SSSR count). The number of ether oxygens (including phenoxy) is 1. The molecule has 0 radical (unpaired) electrons. The van der Waals surface area contributed by atoms with Gasteiger partial charge in [0.15, 0.2) is 6.23 Å². The van der Waals surface area contributed by atoms with Crippen molar-refractivity contribution in [3.8, 4) is 0 Å².